The van der Waals surface area contributed by atoms with E-state index in [1.54, 1.807) is 7.05 Å². The van der Waals surface area contributed by atoms with E-state index >= 15 is 0 Å². The maximum atomic E-state index is 12.3. The Hall–Kier alpha value is -1.08. The molecule has 3 nitrogen and oxygen atoms in total. The van der Waals surface area contributed by atoms with Crippen molar-refractivity contribution in [2.45, 2.75) is 6.18 Å². The van der Waals surface area contributed by atoms with E-state index in [-0.39, 0.29) is 16.0 Å². The first-order valence-corrected chi connectivity index (χ1v) is 4.84. The third-order valence-corrected chi connectivity index (χ3v) is 2.22. The molecule has 0 aromatic carbocycles. The summed E-state index contributed by atoms with van der Waals surface area (Å²) in [6, 6.07) is 0.787. The van der Waals surface area contributed by atoms with E-state index < -0.39 is 11.7 Å². The highest BCUT2D eigenvalue weighted by molar-refractivity contribution is 7.80. The van der Waals surface area contributed by atoms with Crippen LogP contribution in [0.3, 0.4) is 0 Å². The number of halogens is 4. The van der Waals surface area contributed by atoms with Crippen LogP contribution in [0.25, 0.3) is 0 Å². The zero-order valence-electron chi connectivity index (χ0n) is 8.02. The average molecular weight is 270 g/mol. The summed E-state index contributed by atoms with van der Waals surface area (Å²) in [6.07, 6.45) is -3.77. The molecule has 1 heterocycles. The molecule has 0 fully saturated rings. The van der Waals surface area contributed by atoms with E-state index in [0.29, 0.717) is 6.20 Å². The molecule has 0 saturated carbocycles. The van der Waals surface area contributed by atoms with Gasteiger partial charge >= 0.3 is 6.18 Å². The van der Waals surface area contributed by atoms with Crippen molar-refractivity contribution < 1.29 is 13.2 Å². The van der Waals surface area contributed by atoms with Gasteiger partial charge in [-0.15, -0.1) is 0 Å². The minimum atomic E-state index is -4.46. The number of nitrogens with zero attached hydrogens (tertiary/aromatic N) is 1. The number of rotatable bonds is 1. The van der Waals surface area contributed by atoms with Crippen molar-refractivity contribution in [2.75, 3.05) is 12.4 Å². The van der Waals surface area contributed by atoms with Gasteiger partial charge in [-0.25, -0.2) is 4.98 Å². The summed E-state index contributed by atoms with van der Waals surface area (Å²) in [5, 5.41) is 5.20. The van der Waals surface area contributed by atoms with E-state index in [1.807, 2.05) is 0 Å². The van der Waals surface area contributed by atoms with Gasteiger partial charge in [0.05, 0.1) is 10.6 Å². The van der Waals surface area contributed by atoms with Crippen molar-refractivity contribution in [3.8, 4) is 0 Å². The van der Waals surface area contributed by atoms with Gasteiger partial charge in [0.25, 0.3) is 0 Å². The molecule has 0 atom stereocenters. The molecule has 88 valence electrons. The van der Waals surface area contributed by atoms with Gasteiger partial charge in [0.1, 0.15) is 0 Å². The number of pyridine rings is 1. The molecule has 0 aliphatic carbocycles. The molecule has 1 aromatic rings. The van der Waals surface area contributed by atoms with Crippen LogP contribution in [0, 0.1) is 0 Å². The third kappa shape index (κ3) is 3.21. The number of nitrogens with one attached hydrogen (secondary N) is 2. The van der Waals surface area contributed by atoms with Gasteiger partial charge in [0.2, 0.25) is 0 Å². The highest BCUT2D eigenvalue weighted by Gasteiger charge is 2.31. The van der Waals surface area contributed by atoms with Crippen LogP contribution in [0.15, 0.2) is 12.3 Å². The molecule has 8 heteroatoms. The van der Waals surface area contributed by atoms with Crippen LogP contribution in [0.5, 0.6) is 0 Å². The predicted molar refractivity (Wildman–Crippen MR) is 59.5 cm³/mol. The number of alkyl halides is 3. The van der Waals surface area contributed by atoms with Crippen molar-refractivity contribution >= 4 is 34.7 Å². The molecular weight excluding hydrogens is 263 g/mol. The van der Waals surface area contributed by atoms with Crippen LogP contribution in [-0.4, -0.2) is 17.1 Å². The van der Waals surface area contributed by atoms with Crippen LogP contribution in [-0.2, 0) is 6.18 Å². The SMILES string of the molecule is CNC(=S)Nc1ncc(C(F)(F)F)cc1Cl. The lowest BCUT2D eigenvalue weighted by Crippen LogP contribution is -2.25. The zero-order valence-corrected chi connectivity index (χ0v) is 9.59. The summed E-state index contributed by atoms with van der Waals surface area (Å²) >= 11 is 10.4. The minimum absolute atomic E-state index is 0.0778. The van der Waals surface area contributed by atoms with Gasteiger partial charge in [-0.2, -0.15) is 13.2 Å². The quantitative estimate of drug-likeness (QED) is 0.769. The summed E-state index contributed by atoms with van der Waals surface area (Å²) in [5.74, 6) is 0.0778. The largest absolute Gasteiger partial charge is 0.417 e. The number of thiocarbonyl (C=S) groups is 1. The Labute approximate surface area is 100 Å². The first-order chi connectivity index (χ1) is 7.34. The summed E-state index contributed by atoms with van der Waals surface area (Å²) in [5.41, 5.74) is -0.904. The van der Waals surface area contributed by atoms with Gasteiger partial charge in [-0.3, -0.25) is 0 Å². The van der Waals surface area contributed by atoms with Crippen molar-refractivity contribution in [1.82, 2.24) is 10.3 Å². The molecule has 1 rings (SSSR count). The van der Waals surface area contributed by atoms with E-state index in [0.717, 1.165) is 6.07 Å². The van der Waals surface area contributed by atoms with Gasteiger partial charge in [-0.05, 0) is 18.3 Å². The molecule has 0 unspecified atom stereocenters. The summed E-state index contributed by atoms with van der Waals surface area (Å²) in [4.78, 5) is 3.54. The van der Waals surface area contributed by atoms with Crippen molar-refractivity contribution in [1.29, 1.82) is 0 Å². The summed E-state index contributed by atoms with van der Waals surface area (Å²) in [6.45, 7) is 0. The van der Waals surface area contributed by atoms with Crippen molar-refractivity contribution in [3.63, 3.8) is 0 Å². The topological polar surface area (TPSA) is 37.0 Å². The number of hydrogen-bond acceptors (Lipinski definition) is 2. The minimum Gasteiger partial charge on any atom is -0.365 e. The molecule has 2 N–H and O–H groups in total. The Bertz CT molecular complexity index is 408. The fourth-order valence-corrected chi connectivity index (χ4v) is 1.17. The van der Waals surface area contributed by atoms with E-state index in [4.69, 9.17) is 23.8 Å². The van der Waals surface area contributed by atoms with E-state index in [2.05, 4.69) is 15.6 Å². The molecule has 0 bridgehead atoms. The van der Waals surface area contributed by atoms with Crippen molar-refractivity contribution in [3.05, 3.63) is 22.8 Å². The predicted octanol–water partition coefficient (Wildman–Crippen LogP) is 2.67. The molecule has 1 aromatic heterocycles. The second-order valence-electron chi connectivity index (χ2n) is 2.76. The van der Waals surface area contributed by atoms with Gasteiger partial charge in [0, 0.05) is 13.2 Å². The average Bonchev–Trinajstić information content (AvgIpc) is 2.19. The zero-order chi connectivity index (χ0) is 12.3. The first kappa shape index (κ1) is 13.0. The fraction of sp³-hybridized carbons (Fsp3) is 0.250. The van der Waals surface area contributed by atoms with Crippen LogP contribution < -0.4 is 10.6 Å². The number of anilines is 1. The van der Waals surface area contributed by atoms with Gasteiger partial charge in [-0.1, -0.05) is 11.6 Å². The Morgan fingerprint density at radius 1 is 1.50 bits per heavy atom. The lowest BCUT2D eigenvalue weighted by molar-refractivity contribution is -0.137. The fourth-order valence-electron chi connectivity index (χ4n) is 0.855. The first-order valence-electron chi connectivity index (χ1n) is 4.06. The van der Waals surface area contributed by atoms with Crippen LogP contribution in [0.4, 0.5) is 19.0 Å². The smallest absolute Gasteiger partial charge is 0.365 e. The van der Waals surface area contributed by atoms with Crippen LogP contribution in [0.2, 0.25) is 5.02 Å². The Morgan fingerprint density at radius 3 is 2.56 bits per heavy atom. The third-order valence-electron chi connectivity index (χ3n) is 1.63. The normalized spacial score (nSPS) is 11.1. The Balaban J connectivity index is 2.96. The molecule has 0 saturated heterocycles. The number of hydrogen-bond donors (Lipinski definition) is 2. The molecule has 0 spiro atoms. The van der Waals surface area contributed by atoms with Crippen LogP contribution in [0.1, 0.15) is 5.56 Å². The second kappa shape index (κ2) is 4.84. The number of aromatic nitrogens is 1. The van der Waals surface area contributed by atoms with E-state index in [1.165, 1.54) is 0 Å². The lowest BCUT2D eigenvalue weighted by Gasteiger charge is -2.10. The molecule has 0 radical (unpaired) electrons. The van der Waals surface area contributed by atoms with E-state index in [9.17, 15) is 13.2 Å². The standard InChI is InChI=1S/C8H7ClF3N3S/c1-13-7(16)15-6-5(9)2-4(3-14-6)8(10,11)12/h2-3H,1H3,(H2,13,14,15,16). The maximum Gasteiger partial charge on any atom is 0.417 e. The maximum absolute atomic E-state index is 12.3. The molecule has 0 aliphatic rings. The summed E-state index contributed by atoms with van der Waals surface area (Å²) in [7, 11) is 1.56. The van der Waals surface area contributed by atoms with Crippen LogP contribution >= 0.6 is 23.8 Å². The summed E-state index contributed by atoms with van der Waals surface area (Å²) < 4.78 is 36.8. The monoisotopic (exact) mass is 269 g/mol. The molecule has 0 aliphatic heterocycles. The lowest BCUT2D eigenvalue weighted by atomic mass is 10.3. The Kier molecular flexibility index (Phi) is 3.93. The molecule has 16 heavy (non-hydrogen) atoms. The van der Waals surface area contributed by atoms with Crippen molar-refractivity contribution in [2.24, 2.45) is 0 Å². The Morgan fingerprint density at radius 2 is 2.12 bits per heavy atom. The highest BCUT2D eigenvalue weighted by atomic mass is 35.5. The van der Waals surface area contributed by atoms with Gasteiger partial charge in [0.15, 0.2) is 10.9 Å². The van der Waals surface area contributed by atoms with Gasteiger partial charge < -0.3 is 10.6 Å². The molecular formula is C8H7ClF3N3S. The molecule has 0 amide bonds. The second-order valence-corrected chi connectivity index (χ2v) is 3.57. The highest BCUT2D eigenvalue weighted by Crippen LogP contribution is 2.32.